The fourth-order valence-corrected chi connectivity index (χ4v) is 9.47. The predicted molar refractivity (Wildman–Crippen MR) is 282 cm³/mol. The molecule has 7 aromatic carbocycles. The summed E-state index contributed by atoms with van der Waals surface area (Å²) >= 11 is 0. The molecule has 10 aromatic rings. The second kappa shape index (κ2) is 18.5. The quantitative estimate of drug-likeness (QED) is 0.101. The third-order valence-electron chi connectivity index (χ3n) is 14.0. The van der Waals surface area contributed by atoms with Crippen LogP contribution in [-0.2, 0) is 42.7 Å². The molecule has 10 rings (SSSR count). The van der Waals surface area contributed by atoms with Crippen LogP contribution >= 0.6 is 0 Å². The first kappa shape index (κ1) is 48.2. The van der Waals surface area contributed by atoms with Gasteiger partial charge >= 0.3 is 0 Å². The standard InChI is InChI=1S/C64H60N4O.Pt/c1-61(2,3)47-27-20-28-51(35-47)66-42-59(44-21-14-11-15-22-44)67(43-66)52-36-50(64(9,10)46-25-18-13-19-26-46)37-54(40-52)69-53-30-31-55-56-38-49(63(7,8)45-23-16-12-17-24-45)29-32-57(56)68(58(55)41-53)60-39-48(33-34-65-60)62(4,5)6;/h11-39,42H,1-10H3;/q-2;. The molecular formula is C64H60N4OPt-2. The van der Waals surface area contributed by atoms with Crippen molar-refractivity contribution in [2.75, 3.05) is 0 Å². The summed E-state index contributed by atoms with van der Waals surface area (Å²) in [5.41, 5.74) is 12.4. The van der Waals surface area contributed by atoms with Gasteiger partial charge in [0.1, 0.15) is 5.82 Å². The first-order valence-corrected chi connectivity index (χ1v) is 24.0. The zero-order chi connectivity index (χ0) is 48.3. The number of hydrogen-bond donors (Lipinski definition) is 0. The van der Waals surface area contributed by atoms with Crippen LogP contribution in [0.3, 0.4) is 0 Å². The largest absolute Gasteiger partial charge is 0.510 e. The van der Waals surface area contributed by atoms with Crippen LogP contribution in [0.5, 0.6) is 11.5 Å². The molecule has 70 heavy (non-hydrogen) atoms. The van der Waals surface area contributed by atoms with E-state index in [-0.39, 0.29) is 37.3 Å². The number of rotatable bonds is 10. The Hall–Kier alpha value is -6.81. The van der Waals surface area contributed by atoms with Gasteiger partial charge in [0.15, 0.2) is 0 Å². The number of aromatic nitrogens is 4. The molecule has 5 nitrogen and oxygen atoms in total. The Kier molecular flexibility index (Phi) is 12.7. The summed E-state index contributed by atoms with van der Waals surface area (Å²) in [6.07, 6.45) is 7.82. The summed E-state index contributed by atoms with van der Waals surface area (Å²) in [7, 11) is 0. The number of pyridine rings is 1. The molecule has 3 heterocycles. The Morgan fingerprint density at radius 3 is 1.77 bits per heavy atom. The molecule has 0 aliphatic rings. The smallest absolute Gasteiger partial charge is 0.267 e. The molecule has 0 radical (unpaired) electrons. The van der Waals surface area contributed by atoms with Gasteiger partial charge in [0.2, 0.25) is 0 Å². The topological polar surface area (TPSA) is 35.9 Å². The van der Waals surface area contributed by atoms with Crippen LogP contribution in [-0.4, -0.2) is 14.1 Å². The maximum absolute atomic E-state index is 7.03. The first-order valence-electron chi connectivity index (χ1n) is 24.0. The number of fused-ring (bicyclic) bond motifs is 3. The van der Waals surface area contributed by atoms with Crippen LogP contribution in [0.1, 0.15) is 103 Å². The van der Waals surface area contributed by atoms with Gasteiger partial charge in [-0.1, -0.05) is 190 Å². The van der Waals surface area contributed by atoms with E-state index < -0.39 is 5.41 Å². The van der Waals surface area contributed by atoms with Crippen LogP contribution in [0.2, 0.25) is 0 Å². The first-order chi connectivity index (χ1) is 32.9. The molecule has 0 aliphatic carbocycles. The molecule has 354 valence electrons. The molecule has 0 bridgehead atoms. The molecule has 0 fully saturated rings. The van der Waals surface area contributed by atoms with Gasteiger partial charge in [-0.05, 0) is 91.0 Å². The molecule has 0 saturated heterocycles. The Morgan fingerprint density at radius 2 is 1.11 bits per heavy atom. The summed E-state index contributed by atoms with van der Waals surface area (Å²) in [6.45, 7) is 22.6. The van der Waals surface area contributed by atoms with Gasteiger partial charge < -0.3 is 13.9 Å². The van der Waals surface area contributed by atoms with E-state index in [1.165, 1.54) is 27.8 Å². The van der Waals surface area contributed by atoms with Crippen molar-refractivity contribution < 1.29 is 30.4 Å². The predicted octanol–water partition coefficient (Wildman–Crippen LogP) is 15.4. The minimum atomic E-state index is -0.393. The SMILES string of the molecule is CC(C)(C)c1cccc(-[n+]2[c-]n(-c3[c-]c(Oc4[c-]c5c(cc4)c4cc(C(C)(C)c6ccccc6)ccc4n5-c4cc(C(C)(C)C)ccn4)cc(C(C)(C)c4ccccc4)c3)c(-c3ccccc3)c2)c1.[Pt]. The molecular weight excluding hydrogens is 1040 g/mol. The molecule has 0 spiro atoms. The normalized spacial score (nSPS) is 12.3. The molecule has 0 atom stereocenters. The molecule has 0 N–H and O–H groups in total. The van der Waals surface area contributed by atoms with Crippen molar-refractivity contribution >= 4 is 21.8 Å². The Bertz CT molecular complexity index is 3480. The van der Waals surface area contributed by atoms with Gasteiger partial charge in [-0.3, -0.25) is 4.57 Å². The number of imidazole rings is 1. The Labute approximate surface area is 428 Å². The zero-order valence-corrected chi connectivity index (χ0v) is 44.1. The summed E-state index contributed by atoms with van der Waals surface area (Å²) in [5.74, 6) is 1.99. The van der Waals surface area contributed by atoms with Crippen LogP contribution in [0, 0.1) is 18.5 Å². The molecule has 0 aliphatic heterocycles. The Balaban J connectivity index is 0.00000608. The van der Waals surface area contributed by atoms with E-state index in [4.69, 9.17) is 9.72 Å². The molecule has 3 aromatic heterocycles. The summed E-state index contributed by atoms with van der Waals surface area (Å²) in [4.78, 5) is 5.00. The van der Waals surface area contributed by atoms with Crippen molar-refractivity contribution in [3.63, 3.8) is 0 Å². The van der Waals surface area contributed by atoms with Crippen molar-refractivity contribution in [2.45, 2.75) is 90.9 Å². The van der Waals surface area contributed by atoms with Crippen molar-refractivity contribution in [1.82, 2.24) is 14.1 Å². The number of nitrogens with zero attached hydrogens (tertiary/aromatic N) is 4. The van der Waals surface area contributed by atoms with E-state index in [1.807, 2.05) is 12.3 Å². The second-order valence-corrected chi connectivity index (χ2v) is 21.5. The monoisotopic (exact) mass is 1100 g/mol. The Morgan fingerprint density at radius 1 is 0.500 bits per heavy atom. The summed E-state index contributed by atoms with van der Waals surface area (Å²) < 4.78 is 13.5. The minimum Gasteiger partial charge on any atom is -0.510 e. The summed E-state index contributed by atoms with van der Waals surface area (Å²) in [5, 5.41) is 2.21. The van der Waals surface area contributed by atoms with Crippen LogP contribution in [0.15, 0.2) is 182 Å². The maximum atomic E-state index is 7.03. The summed E-state index contributed by atoms with van der Waals surface area (Å²) in [6, 6.07) is 67.9. The van der Waals surface area contributed by atoms with Crippen molar-refractivity contribution in [1.29, 1.82) is 0 Å². The van der Waals surface area contributed by atoms with Crippen molar-refractivity contribution in [3.05, 3.63) is 234 Å². The van der Waals surface area contributed by atoms with Gasteiger partial charge in [0.05, 0.1) is 11.4 Å². The van der Waals surface area contributed by atoms with E-state index in [2.05, 4.69) is 271 Å². The number of hydrogen-bond acceptors (Lipinski definition) is 2. The van der Waals surface area contributed by atoms with Crippen LogP contribution in [0.25, 0.3) is 50.3 Å². The van der Waals surface area contributed by atoms with Crippen LogP contribution < -0.4 is 9.30 Å². The zero-order valence-electron chi connectivity index (χ0n) is 41.8. The molecule has 0 unspecified atom stereocenters. The number of benzene rings is 7. The fourth-order valence-electron chi connectivity index (χ4n) is 9.47. The minimum absolute atomic E-state index is 0. The van der Waals surface area contributed by atoms with Gasteiger partial charge in [0, 0.05) is 55.9 Å². The average Bonchev–Trinajstić information content (AvgIpc) is 3.94. The van der Waals surface area contributed by atoms with E-state index in [0.717, 1.165) is 55.8 Å². The van der Waals surface area contributed by atoms with Gasteiger partial charge in [-0.25, -0.2) is 4.98 Å². The van der Waals surface area contributed by atoms with Crippen molar-refractivity contribution in [3.8, 4) is 39.9 Å². The van der Waals surface area contributed by atoms with Gasteiger partial charge in [-0.15, -0.1) is 35.2 Å². The van der Waals surface area contributed by atoms with E-state index in [0.29, 0.717) is 11.5 Å². The van der Waals surface area contributed by atoms with E-state index in [1.54, 1.807) is 0 Å². The fraction of sp³-hybridized carbons (Fsp3) is 0.219. The van der Waals surface area contributed by atoms with E-state index >= 15 is 0 Å². The third-order valence-corrected chi connectivity index (χ3v) is 14.0. The van der Waals surface area contributed by atoms with Crippen molar-refractivity contribution in [2.24, 2.45) is 0 Å². The van der Waals surface area contributed by atoms with Gasteiger partial charge in [-0.2, -0.15) is 12.1 Å². The van der Waals surface area contributed by atoms with Gasteiger partial charge in [0.25, 0.3) is 6.33 Å². The third kappa shape index (κ3) is 9.20. The molecule has 0 saturated carbocycles. The number of ether oxygens (including phenoxy) is 1. The maximum Gasteiger partial charge on any atom is 0.267 e. The molecule has 0 amide bonds. The average molecular weight is 1100 g/mol. The second-order valence-electron chi connectivity index (χ2n) is 21.5. The van der Waals surface area contributed by atoms with Crippen LogP contribution in [0.4, 0.5) is 0 Å². The molecule has 6 heteroatoms. The van der Waals surface area contributed by atoms with E-state index in [9.17, 15) is 0 Å².